The van der Waals surface area contributed by atoms with Crippen LogP contribution in [-0.2, 0) is 16.4 Å². The second-order valence-corrected chi connectivity index (χ2v) is 7.81. The summed E-state index contributed by atoms with van der Waals surface area (Å²) in [5.41, 5.74) is 6.57. The Labute approximate surface area is 126 Å². The molecule has 0 amide bonds. The molecule has 114 valence electrons. The molecule has 3 N–H and O–H groups in total. The fraction of sp³-hybridized carbons (Fsp3) is 0.571. The van der Waals surface area contributed by atoms with E-state index in [2.05, 4.69) is 11.6 Å². The SMILES string of the molecule is CSC(C)CCNS(=O)(=O)c1ccc(CCCN)cc1. The van der Waals surface area contributed by atoms with E-state index in [4.69, 9.17) is 5.73 Å². The molecule has 1 atom stereocenters. The molecule has 0 heterocycles. The molecule has 1 aromatic carbocycles. The summed E-state index contributed by atoms with van der Waals surface area (Å²) < 4.78 is 26.8. The minimum Gasteiger partial charge on any atom is -0.330 e. The lowest BCUT2D eigenvalue weighted by Gasteiger charge is -2.10. The Balaban J connectivity index is 2.58. The highest BCUT2D eigenvalue weighted by Crippen LogP contribution is 2.13. The van der Waals surface area contributed by atoms with E-state index in [0.29, 0.717) is 23.2 Å². The number of sulfonamides is 1. The van der Waals surface area contributed by atoms with Crippen LogP contribution in [0.2, 0.25) is 0 Å². The molecule has 0 aromatic heterocycles. The number of nitrogens with one attached hydrogen (secondary N) is 1. The Bertz CT molecular complexity index is 486. The first-order chi connectivity index (χ1) is 9.49. The van der Waals surface area contributed by atoms with Crippen LogP contribution in [0.25, 0.3) is 0 Å². The van der Waals surface area contributed by atoms with E-state index in [1.165, 1.54) is 0 Å². The van der Waals surface area contributed by atoms with Gasteiger partial charge in [-0.15, -0.1) is 0 Å². The smallest absolute Gasteiger partial charge is 0.240 e. The molecule has 0 aliphatic carbocycles. The number of rotatable bonds is 9. The highest BCUT2D eigenvalue weighted by molar-refractivity contribution is 7.99. The third-order valence-corrected chi connectivity index (χ3v) is 5.67. The standard InChI is InChI=1S/C14H24N2O2S2/c1-12(19-2)9-11-16-20(17,18)14-7-5-13(6-8-14)4-3-10-15/h5-8,12,16H,3-4,9-11,15H2,1-2H3. The first kappa shape index (κ1) is 17.5. The van der Waals surface area contributed by atoms with E-state index >= 15 is 0 Å². The third kappa shape index (κ3) is 5.83. The van der Waals surface area contributed by atoms with E-state index in [-0.39, 0.29) is 0 Å². The molecular weight excluding hydrogens is 292 g/mol. The van der Waals surface area contributed by atoms with Crippen molar-refractivity contribution in [2.45, 2.75) is 36.3 Å². The second-order valence-electron chi connectivity index (χ2n) is 4.77. The van der Waals surface area contributed by atoms with Crippen LogP contribution in [0.4, 0.5) is 0 Å². The maximum atomic E-state index is 12.1. The van der Waals surface area contributed by atoms with Crippen LogP contribution >= 0.6 is 11.8 Å². The van der Waals surface area contributed by atoms with Gasteiger partial charge in [0.1, 0.15) is 0 Å². The maximum absolute atomic E-state index is 12.1. The van der Waals surface area contributed by atoms with Gasteiger partial charge in [0.15, 0.2) is 0 Å². The van der Waals surface area contributed by atoms with Gasteiger partial charge in [0.05, 0.1) is 4.90 Å². The summed E-state index contributed by atoms with van der Waals surface area (Å²) in [6.45, 7) is 3.21. The molecule has 0 radical (unpaired) electrons. The van der Waals surface area contributed by atoms with Crippen LogP contribution in [0.3, 0.4) is 0 Å². The molecule has 0 aliphatic heterocycles. The molecule has 1 unspecified atom stereocenters. The average molecular weight is 316 g/mol. The van der Waals surface area contributed by atoms with Crippen molar-refractivity contribution in [3.05, 3.63) is 29.8 Å². The van der Waals surface area contributed by atoms with Gasteiger partial charge < -0.3 is 5.73 Å². The molecule has 0 spiro atoms. The Morgan fingerprint density at radius 3 is 2.50 bits per heavy atom. The summed E-state index contributed by atoms with van der Waals surface area (Å²) >= 11 is 1.74. The summed E-state index contributed by atoms with van der Waals surface area (Å²) in [5.74, 6) is 0. The number of hydrogen-bond acceptors (Lipinski definition) is 4. The molecule has 6 heteroatoms. The summed E-state index contributed by atoms with van der Waals surface area (Å²) in [4.78, 5) is 0.325. The maximum Gasteiger partial charge on any atom is 0.240 e. The molecule has 0 bridgehead atoms. The molecule has 0 saturated heterocycles. The lowest BCUT2D eigenvalue weighted by molar-refractivity contribution is 0.579. The number of benzene rings is 1. The van der Waals surface area contributed by atoms with Gasteiger partial charge in [-0.2, -0.15) is 11.8 Å². The molecule has 0 saturated carbocycles. The van der Waals surface area contributed by atoms with Gasteiger partial charge in [-0.3, -0.25) is 0 Å². The quantitative estimate of drug-likeness (QED) is 0.731. The Hall–Kier alpha value is -0.560. The molecular formula is C14H24N2O2S2. The molecule has 20 heavy (non-hydrogen) atoms. The van der Waals surface area contributed by atoms with Gasteiger partial charge >= 0.3 is 0 Å². The zero-order chi connectivity index (χ0) is 15.0. The first-order valence-electron chi connectivity index (χ1n) is 6.81. The number of hydrogen-bond donors (Lipinski definition) is 2. The van der Waals surface area contributed by atoms with Crippen molar-refractivity contribution >= 4 is 21.8 Å². The summed E-state index contributed by atoms with van der Waals surface area (Å²) in [6, 6.07) is 7.03. The molecule has 0 fully saturated rings. The minimum absolute atomic E-state index is 0.325. The van der Waals surface area contributed by atoms with E-state index in [1.54, 1.807) is 23.9 Å². The predicted molar refractivity (Wildman–Crippen MR) is 86.6 cm³/mol. The molecule has 1 rings (SSSR count). The average Bonchev–Trinajstić information content (AvgIpc) is 2.45. The van der Waals surface area contributed by atoms with Crippen molar-refractivity contribution in [1.82, 2.24) is 4.72 Å². The van der Waals surface area contributed by atoms with Gasteiger partial charge in [-0.1, -0.05) is 19.1 Å². The van der Waals surface area contributed by atoms with Crippen LogP contribution < -0.4 is 10.5 Å². The lowest BCUT2D eigenvalue weighted by atomic mass is 10.1. The lowest BCUT2D eigenvalue weighted by Crippen LogP contribution is -2.26. The van der Waals surface area contributed by atoms with Gasteiger partial charge in [0.25, 0.3) is 0 Å². The summed E-state index contributed by atoms with van der Waals surface area (Å²) in [6.07, 6.45) is 4.65. The molecule has 4 nitrogen and oxygen atoms in total. The zero-order valence-corrected chi connectivity index (χ0v) is 13.8. The van der Waals surface area contributed by atoms with E-state index in [1.807, 2.05) is 18.4 Å². The van der Waals surface area contributed by atoms with E-state index < -0.39 is 10.0 Å². The Morgan fingerprint density at radius 2 is 1.95 bits per heavy atom. The van der Waals surface area contributed by atoms with Crippen LogP contribution in [0.15, 0.2) is 29.2 Å². The normalized spacial score (nSPS) is 13.3. The van der Waals surface area contributed by atoms with Gasteiger partial charge in [-0.25, -0.2) is 13.1 Å². The highest BCUT2D eigenvalue weighted by atomic mass is 32.2. The van der Waals surface area contributed by atoms with Gasteiger partial charge in [0, 0.05) is 11.8 Å². The zero-order valence-electron chi connectivity index (χ0n) is 12.1. The van der Waals surface area contributed by atoms with Crippen molar-refractivity contribution < 1.29 is 8.42 Å². The number of aryl methyl sites for hydroxylation is 1. The fourth-order valence-electron chi connectivity index (χ4n) is 1.74. The fourth-order valence-corrected chi connectivity index (χ4v) is 3.14. The van der Waals surface area contributed by atoms with Crippen LogP contribution in [0.5, 0.6) is 0 Å². The topological polar surface area (TPSA) is 72.2 Å². The van der Waals surface area contributed by atoms with E-state index in [0.717, 1.165) is 24.8 Å². The second kappa shape index (κ2) is 8.67. The summed E-state index contributed by atoms with van der Waals surface area (Å²) in [5, 5.41) is 0.455. The molecule has 1 aromatic rings. The van der Waals surface area contributed by atoms with Crippen molar-refractivity contribution in [2.75, 3.05) is 19.3 Å². The van der Waals surface area contributed by atoms with Crippen molar-refractivity contribution in [3.8, 4) is 0 Å². The van der Waals surface area contributed by atoms with Crippen molar-refractivity contribution in [1.29, 1.82) is 0 Å². The minimum atomic E-state index is -3.39. The van der Waals surface area contributed by atoms with E-state index in [9.17, 15) is 8.42 Å². The monoisotopic (exact) mass is 316 g/mol. The highest BCUT2D eigenvalue weighted by Gasteiger charge is 2.13. The number of nitrogens with two attached hydrogens (primary N) is 1. The Morgan fingerprint density at radius 1 is 1.30 bits per heavy atom. The van der Waals surface area contributed by atoms with Crippen LogP contribution in [-0.4, -0.2) is 33.0 Å². The summed E-state index contributed by atoms with van der Waals surface area (Å²) in [7, 11) is -3.39. The van der Waals surface area contributed by atoms with Crippen molar-refractivity contribution in [3.63, 3.8) is 0 Å². The van der Waals surface area contributed by atoms with Gasteiger partial charge in [0.2, 0.25) is 10.0 Å². The van der Waals surface area contributed by atoms with Gasteiger partial charge in [-0.05, 0) is 49.8 Å². The van der Waals surface area contributed by atoms with Crippen molar-refractivity contribution in [2.24, 2.45) is 5.73 Å². The predicted octanol–water partition coefficient (Wildman–Crippen LogP) is 2.00. The van der Waals surface area contributed by atoms with Crippen LogP contribution in [0.1, 0.15) is 25.3 Å². The first-order valence-corrected chi connectivity index (χ1v) is 9.58. The molecule has 0 aliphatic rings. The largest absolute Gasteiger partial charge is 0.330 e. The Kier molecular flexibility index (Phi) is 7.58. The third-order valence-electron chi connectivity index (χ3n) is 3.15. The number of thioether (sulfide) groups is 1. The van der Waals surface area contributed by atoms with Crippen LogP contribution in [0, 0.1) is 0 Å².